The largest absolute Gasteiger partial charge is 0.444 e. The lowest BCUT2D eigenvalue weighted by molar-refractivity contribution is -0.141. The Morgan fingerprint density at radius 3 is 2.08 bits per heavy atom. The molecule has 0 saturated carbocycles. The number of carbonyl (C=O) groups is 3. The topological polar surface area (TPSA) is 87.7 Å². The molecule has 26 heavy (non-hydrogen) atoms. The van der Waals surface area contributed by atoms with Crippen molar-refractivity contribution in [3.8, 4) is 0 Å². The van der Waals surface area contributed by atoms with Crippen molar-refractivity contribution in [3.05, 3.63) is 0 Å². The Kier molecular flexibility index (Phi) is 7.90. The zero-order valence-electron chi connectivity index (χ0n) is 17.1. The highest BCUT2D eigenvalue weighted by molar-refractivity contribution is 5.81. The molecule has 0 atom stereocenters. The first-order valence-electron chi connectivity index (χ1n) is 9.41. The van der Waals surface area contributed by atoms with Crippen LogP contribution in [0.1, 0.15) is 60.8 Å². The van der Waals surface area contributed by atoms with Crippen molar-refractivity contribution in [1.29, 1.82) is 0 Å². The van der Waals surface area contributed by atoms with E-state index in [-0.39, 0.29) is 30.2 Å². The number of rotatable bonds is 5. The number of nitrogens with one attached hydrogen (secondary N) is 2. The molecular weight excluding hydrogens is 334 g/mol. The molecule has 3 amide bonds. The van der Waals surface area contributed by atoms with Crippen molar-refractivity contribution < 1.29 is 19.1 Å². The number of hydrogen-bond donors (Lipinski definition) is 2. The van der Waals surface area contributed by atoms with Gasteiger partial charge < -0.3 is 20.3 Å². The number of ether oxygens (including phenoxy) is 1. The Morgan fingerprint density at radius 2 is 1.58 bits per heavy atom. The number of amides is 3. The van der Waals surface area contributed by atoms with Crippen LogP contribution in [0.4, 0.5) is 4.79 Å². The molecule has 0 radical (unpaired) electrons. The van der Waals surface area contributed by atoms with Crippen LogP contribution in [-0.4, -0.2) is 54.6 Å². The van der Waals surface area contributed by atoms with E-state index in [4.69, 9.17) is 4.74 Å². The monoisotopic (exact) mass is 369 g/mol. The summed E-state index contributed by atoms with van der Waals surface area (Å²) in [6.45, 7) is 13.5. The van der Waals surface area contributed by atoms with Crippen LogP contribution < -0.4 is 10.6 Å². The maximum absolute atomic E-state index is 12.3. The maximum Gasteiger partial charge on any atom is 0.407 e. The van der Waals surface area contributed by atoms with Gasteiger partial charge in [-0.3, -0.25) is 9.59 Å². The van der Waals surface area contributed by atoms with Crippen molar-refractivity contribution in [1.82, 2.24) is 15.5 Å². The Labute approximate surface area is 157 Å². The van der Waals surface area contributed by atoms with Crippen molar-refractivity contribution in [2.45, 2.75) is 66.4 Å². The molecule has 7 nitrogen and oxygen atoms in total. The molecule has 0 aromatic heterocycles. The lowest BCUT2D eigenvalue weighted by atomic mass is 9.91. The van der Waals surface area contributed by atoms with Crippen LogP contribution in [0.5, 0.6) is 0 Å². The molecule has 0 aromatic carbocycles. The summed E-state index contributed by atoms with van der Waals surface area (Å²) < 4.78 is 5.11. The molecule has 0 bridgehead atoms. The second kappa shape index (κ2) is 9.24. The zero-order chi connectivity index (χ0) is 20.0. The summed E-state index contributed by atoms with van der Waals surface area (Å²) in [6.07, 6.45) is 1.51. The van der Waals surface area contributed by atoms with Gasteiger partial charge >= 0.3 is 6.09 Å². The van der Waals surface area contributed by atoms with Crippen LogP contribution in [0.15, 0.2) is 0 Å². The molecule has 0 aliphatic carbocycles. The molecular formula is C19H35N3O4. The number of piperidine rings is 1. The van der Waals surface area contributed by atoms with Gasteiger partial charge in [-0.15, -0.1) is 0 Å². The minimum absolute atomic E-state index is 0.0887. The quantitative estimate of drug-likeness (QED) is 0.778. The molecule has 1 rings (SSSR count). The summed E-state index contributed by atoms with van der Waals surface area (Å²) >= 11 is 0. The summed E-state index contributed by atoms with van der Waals surface area (Å²) in [7, 11) is 0. The van der Waals surface area contributed by atoms with Crippen molar-refractivity contribution >= 4 is 17.9 Å². The SMILES string of the molecule is CC(C)(C)OC(=O)NCCC(=O)NCC1CCN(C(=O)C(C)(C)C)CC1. The molecule has 2 N–H and O–H groups in total. The Hall–Kier alpha value is -1.79. The molecule has 150 valence electrons. The molecule has 7 heteroatoms. The highest BCUT2D eigenvalue weighted by atomic mass is 16.6. The minimum Gasteiger partial charge on any atom is -0.444 e. The summed E-state index contributed by atoms with van der Waals surface area (Å²) in [5.74, 6) is 0.490. The third-order valence-electron chi connectivity index (χ3n) is 4.15. The van der Waals surface area contributed by atoms with E-state index in [0.717, 1.165) is 25.9 Å². The van der Waals surface area contributed by atoms with E-state index in [2.05, 4.69) is 10.6 Å². The first kappa shape index (κ1) is 22.3. The Balaban J connectivity index is 2.19. The summed E-state index contributed by atoms with van der Waals surface area (Å²) in [5, 5.41) is 5.49. The molecule has 1 aliphatic rings. The summed E-state index contributed by atoms with van der Waals surface area (Å²) in [6, 6.07) is 0. The van der Waals surface area contributed by atoms with Gasteiger partial charge in [-0.1, -0.05) is 20.8 Å². The summed E-state index contributed by atoms with van der Waals surface area (Å²) in [4.78, 5) is 37.6. The van der Waals surface area contributed by atoms with Gasteiger partial charge in [0.15, 0.2) is 0 Å². The van der Waals surface area contributed by atoms with Crippen LogP contribution in [0.3, 0.4) is 0 Å². The van der Waals surface area contributed by atoms with E-state index in [1.54, 1.807) is 20.8 Å². The van der Waals surface area contributed by atoms with Crippen LogP contribution in [0.25, 0.3) is 0 Å². The number of likely N-dealkylation sites (tertiary alicyclic amines) is 1. The van der Waals surface area contributed by atoms with Gasteiger partial charge in [-0.2, -0.15) is 0 Å². The zero-order valence-corrected chi connectivity index (χ0v) is 17.1. The van der Waals surface area contributed by atoms with E-state index in [9.17, 15) is 14.4 Å². The number of nitrogens with zero attached hydrogens (tertiary/aromatic N) is 1. The molecule has 1 heterocycles. The van der Waals surface area contributed by atoms with Gasteiger partial charge in [0.2, 0.25) is 11.8 Å². The predicted octanol–water partition coefficient (Wildman–Crippen LogP) is 2.30. The molecule has 1 aliphatic heterocycles. The molecule has 0 aromatic rings. The number of alkyl carbamates (subject to hydrolysis) is 1. The van der Waals surface area contributed by atoms with E-state index in [1.165, 1.54) is 0 Å². The molecule has 1 saturated heterocycles. The van der Waals surface area contributed by atoms with Gasteiger partial charge in [0.05, 0.1) is 0 Å². The Morgan fingerprint density at radius 1 is 1.00 bits per heavy atom. The first-order chi connectivity index (χ1) is 11.9. The average Bonchev–Trinajstić information content (AvgIpc) is 2.50. The van der Waals surface area contributed by atoms with Crippen molar-refractivity contribution in [2.24, 2.45) is 11.3 Å². The van der Waals surface area contributed by atoms with E-state index < -0.39 is 11.7 Å². The fraction of sp³-hybridized carbons (Fsp3) is 0.842. The fourth-order valence-electron chi connectivity index (χ4n) is 2.75. The third-order valence-corrected chi connectivity index (χ3v) is 4.15. The molecule has 1 fully saturated rings. The van der Waals surface area contributed by atoms with E-state index in [1.807, 2.05) is 25.7 Å². The van der Waals surface area contributed by atoms with Gasteiger partial charge in [0, 0.05) is 38.0 Å². The average molecular weight is 370 g/mol. The highest BCUT2D eigenvalue weighted by Gasteiger charge is 2.30. The number of carbonyl (C=O) groups excluding carboxylic acids is 3. The smallest absolute Gasteiger partial charge is 0.407 e. The molecule has 0 spiro atoms. The van der Waals surface area contributed by atoms with Crippen LogP contribution in [-0.2, 0) is 14.3 Å². The first-order valence-corrected chi connectivity index (χ1v) is 9.41. The van der Waals surface area contributed by atoms with Gasteiger partial charge in [0.25, 0.3) is 0 Å². The van der Waals surface area contributed by atoms with Crippen LogP contribution >= 0.6 is 0 Å². The van der Waals surface area contributed by atoms with E-state index in [0.29, 0.717) is 12.5 Å². The lowest BCUT2D eigenvalue weighted by Gasteiger charge is -2.35. The number of hydrogen-bond acceptors (Lipinski definition) is 4. The van der Waals surface area contributed by atoms with Gasteiger partial charge in [0.1, 0.15) is 5.60 Å². The van der Waals surface area contributed by atoms with Gasteiger partial charge in [-0.05, 0) is 39.5 Å². The standard InChI is InChI=1S/C19H35N3O4/c1-18(2,3)16(24)22-11-8-14(9-12-22)13-21-15(23)7-10-20-17(25)26-19(4,5)6/h14H,7-13H2,1-6H3,(H,20,25)(H,21,23). The fourth-order valence-corrected chi connectivity index (χ4v) is 2.75. The van der Waals surface area contributed by atoms with Crippen LogP contribution in [0.2, 0.25) is 0 Å². The summed E-state index contributed by atoms with van der Waals surface area (Å²) in [5.41, 5.74) is -0.891. The van der Waals surface area contributed by atoms with Crippen molar-refractivity contribution in [3.63, 3.8) is 0 Å². The minimum atomic E-state index is -0.546. The van der Waals surface area contributed by atoms with E-state index >= 15 is 0 Å². The van der Waals surface area contributed by atoms with Crippen molar-refractivity contribution in [2.75, 3.05) is 26.2 Å². The normalized spacial score (nSPS) is 16.2. The predicted molar refractivity (Wildman–Crippen MR) is 101 cm³/mol. The maximum atomic E-state index is 12.3. The second-order valence-corrected chi connectivity index (χ2v) is 8.97. The second-order valence-electron chi connectivity index (χ2n) is 8.97. The third kappa shape index (κ3) is 8.54. The highest BCUT2D eigenvalue weighted by Crippen LogP contribution is 2.23. The van der Waals surface area contributed by atoms with Gasteiger partial charge in [-0.25, -0.2) is 4.79 Å². The van der Waals surface area contributed by atoms with Crippen LogP contribution in [0, 0.1) is 11.3 Å². The molecule has 0 unspecified atom stereocenters. The lowest BCUT2D eigenvalue weighted by Crippen LogP contribution is -2.45. The Bertz CT molecular complexity index is 498.